The number of carbonyl (C=O) groups is 1. The van der Waals surface area contributed by atoms with Crippen LogP contribution in [0.3, 0.4) is 0 Å². The van der Waals surface area contributed by atoms with Crippen LogP contribution in [0, 0.1) is 0 Å². The van der Waals surface area contributed by atoms with Crippen molar-refractivity contribution in [3.8, 4) is 11.5 Å². The Morgan fingerprint density at radius 1 is 1.27 bits per heavy atom. The Kier molecular flexibility index (Phi) is 3.92. The molecule has 1 rings (SSSR count). The van der Waals surface area contributed by atoms with Crippen molar-refractivity contribution < 1.29 is 14.3 Å². The third-order valence-electron chi connectivity index (χ3n) is 2.01. The van der Waals surface area contributed by atoms with Gasteiger partial charge in [0.25, 0.3) is 0 Å². The van der Waals surface area contributed by atoms with Crippen molar-refractivity contribution in [1.29, 1.82) is 0 Å². The van der Waals surface area contributed by atoms with E-state index in [2.05, 4.69) is 0 Å². The first-order valence-corrected chi connectivity index (χ1v) is 4.56. The van der Waals surface area contributed by atoms with Gasteiger partial charge < -0.3 is 9.47 Å². The fourth-order valence-corrected chi connectivity index (χ4v) is 1.23. The summed E-state index contributed by atoms with van der Waals surface area (Å²) in [6, 6.07) is 5.45. The predicted molar refractivity (Wildman–Crippen MR) is 59.3 cm³/mol. The largest absolute Gasteiger partial charge is 0.497 e. The second-order valence-corrected chi connectivity index (χ2v) is 3.11. The summed E-state index contributed by atoms with van der Waals surface area (Å²) >= 11 is 0. The van der Waals surface area contributed by atoms with E-state index >= 15 is 0 Å². The second-order valence-electron chi connectivity index (χ2n) is 3.11. The van der Waals surface area contributed by atoms with Gasteiger partial charge in [0.1, 0.15) is 17.8 Å². The third-order valence-corrected chi connectivity index (χ3v) is 2.01. The first kappa shape index (κ1) is 11.3. The van der Waals surface area contributed by atoms with E-state index < -0.39 is 0 Å². The number of hydrogen-bond donors (Lipinski definition) is 0. The highest BCUT2D eigenvalue weighted by Gasteiger charge is 2.02. The van der Waals surface area contributed by atoms with Crippen molar-refractivity contribution in [2.24, 2.45) is 0 Å². The summed E-state index contributed by atoms with van der Waals surface area (Å²) in [4.78, 5) is 10.5. The van der Waals surface area contributed by atoms with Gasteiger partial charge in [-0.2, -0.15) is 0 Å². The molecular weight excluding hydrogens is 192 g/mol. The summed E-state index contributed by atoms with van der Waals surface area (Å²) in [7, 11) is 3.19. The molecule has 1 aromatic rings. The van der Waals surface area contributed by atoms with E-state index in [0.29, 0.717) is 5.57 Å². The van der Waals surface area contributed by atoms with Gasteiger partial charge in [-0.05, 0) is 36.8 Å². The molecule has 0 aliphatic rings. The zero-order valence-corrected chi connectivity index (χ0v) is 9.11. The van der Waals surface area contributed by atoms with Gasteiger partial charge in [0, 0.05) is 5.56 Å². The lowest BCUT2D eigenvalue weighted by Gasteiger charge is -2.07. The van der Waals surface area contributed by atoms with Gasteiger partial charge in [-0.1, -0.05) is 0 Å². The van der Waals surface area contributed by atoms with E-state index in [1.165, 1.54) is 0 Å². The van der Waals surface area contributed by atoms with Crippen LogP contribution in [0.25, 0.3) is 6.08 Å². The Balaban J connectivity index is 3.17. The highest BCUT2D eigenvalue weighted by Crippen LogP contribution is 2.25. The molecule has 0 aromatic heterocycles. The molecule has 0 heterocycles. The lowest BCUT2D eigenvalue weighted by atomic mass is 10.1. The molecule has 3 nitrogen and oxygen atoms in total. The van der Waals surface area contributed by atoms with Crippen molar-refractivity contribution in [3.63, 3.8) is 0 Å². The number of benzene rings is 1. The van der Waals surface area contributed by atoms with Crippen molar-refractivity contribution in [2.75, 3.05) is 14.2 Å². The maximum Gasteiger partial charge on any atom is 0.145 e. The lowest BCUT2D eigenvalue weighted by Crippen LogP contribution is -1.90. The molecule has 0 atom stereocenters. The minimum atomic E-state index is 0.640. The van der Waals surface area contributed by atoms with Crippen LogP contribution >= 0.6 is 0 Å². The van der Waals surface area contributed by atoms with E-state index in [9.17, 15) is 4.79 Å². The van der Waals surface area contributed by atoms with E-state index in [0.717, 1.165) is 23.3 Å². The van der Waals surface area contributed by atoms with Crippen molar-refractivity contribution in [3.05, 3.63) is 29.3 Å². The molecule has 0 bridgehead atoms. The molecule has 15 heavy (non-hydrogen) atoms. The first-order valence-electron chi connectivity index (χ1n) is 4.56. The quantitative estimate of drug-likeness (QED) is 0.560. The summed E-state index contributed by atoms with van der Waals surface area (Å²) in [5.74, 6) is 1.46. The average Bonchev–Trinajstić information content (AvgIpc) is 2.28. The number of ether oxygens (including phenoxy) is 2. The van der Waals surface area contributed by atoms with Gasteiger partial charge in [-0.15, -0.1) is 0 Å². The van der Waals surface area contributed by atoms with Gasteiger partial charge in [0.2, 0.25) is 0 Å². The van der Waals surface area contributed by atoms with Crippen LogP contribution in [0.1, 0.15) is 12.5 Å². The van der Waals surface area contributed by atoms with Crippen LogP contribution in [-0.4, -0.2) is 20.5 Å². The minimum absolute atomic E-state index is 0.640. The molecule has 0 aliphatic carbocycles. The number of carbonyl (C=O) groups excluding carboxylic acids is 1. The molecular formula is C12H14O3. The smallest absolute Gasteiger partial charge is 0.145 e. The summed E-state index contributed by atoms with van der Waals surface area (Å²) < 4.78 is 10.3. The monoisotopic (exact) mass is 206 g/mol. The van der Waals surface area contributed by atoms with Gasteiger partial charge in [0.05, 0.1) is 14.2 Å². The molecule has 0 spiro atoms. The van der Waals surface area contributed by atoms with Gasteiger partial charge >= 0.3 is 0 Å². The Morgan fingerprint density at radius 3 is 2.53 bits per heavy atom. The maximum absolute atomic E-state index is 10.5. The summed E-state index contributed by atoms with van der Waals surface area (Å²) in [5, 5.41) is 0. The molecule has 1 aromatic carbocycles. The molecule has 0 radical (unpaired) electrons. The SMILES string of the molecule is COc1ccc(OC)c(C=C(C)C=O)c1. The van der Waals surface area contributed by atoms with E-state index in [1.54, 1.807) is 27.2 Å². The zero-order chi connectivity index (χ0) is 11.3. The number of methoxy groups -OCH3 is 2. The summed E-state index contributed by atoms with van der Waals surface area (Å²) in [5.41, 5.74) is 1.48. The summed E-state index contributed by atoms with van der Waals surface area (Å²) in [6.45, 7) is 1.74. The normalized spacial score (nSPS) is 11.0. The number of aldehydes is 1. The predicted octanol–water partition coefficient (Wildman–Crippen LogP) is 2.31. The molecule has 3 heteroatoms. The molecule has 0 saturated heterocycles. The number of allylic oxidation sites excluding steroid dienone is 1. The highest BCUT2D eigenvalue weighted by molar-refractivity contribution is 5.82. The fourth-order valence-electron chi connectivity index (χ4n) is 1.23. The molecule has 0 amide bonds. The molecule has 0 N–H and O–H groups in total. The number of rotatable bonds is 4. The highest BCUT2D eigenvalue weighted by atomic mass is 16.5. The Labute approximate surface area is 89.3 Å². The van der Waals surface area contributed by atoms with Crippen molar-refractivity contribution in [1.82, 2.24) is 0 Å². The van der Waals surface area contributed by atoms with E-state index in [-0.39, 0.29) is 0 Å². The minimum Gasteiger partial charge on any atom is -0.497 e. The standard InChI is InChI=1S/C12H14O3/c1-9(8-13)6-10-7-11(14-2)4-5-12(10)15-3/h4-8H,1-3H3. The first-order chi connectivity index (χ1) is 7.21. The average molecular weight is 206 g/mol. The maximum atomic E-state index is 10.5. The third kappa shape index (κ3) is 2.84. The molecule has 80 valence electrons. The van der Waals surface area contributed by atoms with Gasteiger partial charge in [-0.25, -0.2) is 0 Å². The van der Waals surface area contributed by atoms with E-state index in [4.69, 9.17) is 9.47 Å². The van der Waals surface area contributed by atoms with Crippen LogP contribution in [0.4, 0.5) is 0 Å². The van der Waals surface area contributed by atoms with E-state index in [1.807, 2.05) is 18.2 Å². The molecule has 0 saturated carbocycles. The van der Waals surface area contributed by atoms with Crippen molar-refractivity contribution >= 4 is 12.4 Å². The second kappa shape index (κ2) is 5.20. The fraction of sp³-hybridized carbons (Fsp3) is 0.250. The number of hydrogen-bond acceptors (Lipinski definition) is 3. The van der Waals surface area contributed by atoms with Crippen molar-refractivity contribution in [2.45, 2.75) is 6.92 Å². The molecule has 0 aliphatic heterocycles. The summed E-state index contributed by atoms with van der Waals surface area (Å²) in [6.07, 6.45) is 2.56. The van der Waals surface area contributed by atoms with Crippen LogP contribution in [0.2, 0.25) is 0 Å². The molecule has 0 fully saturated rings. The van der Waals surface area contributed by atoms with Crippen LogP contribution in [0.15, 0.2) is 23.8 Å². The topological polar surface area (TPSA) is 35.5 Å². The van der Waals surface area contributed by atoms with Gasteiger partial charge in [-0.3, -0.25) is 4.79 Å². The van der Waals surface area contributed by atoms with Gasteiger partial charge in [0.15, 0.2) is 0 Å². The lowest BCUT2D eigenvalue weighted by molar-refractivity contribution is -0.104. The molecule has 0 unspecified atom stereocenters. The Morgan fingerprint density at radius 2 is 2.00 bits per heavy atom. The Hall–Kier alpha value is -1.77. The zero-order valence-electron chi connectivity index (χ0n) is 9.11. The van der Waals surface area contributed by atoms with Crippen LogP contribution < -0.4 is 9.47 Å². The van der Waals surface area contributed by atoms with Crippen LogP contribution in [-0.2, 0) is 4.79 Å². The Bertz CT molecular complexity index is 380. The van der Waals surface area contributed by atoms with Crippen LogP contribution in [0.5, 0.6) is 11.5 Å².